The summed E-state index contributed by atoms with van der Waals surface area (Å²) in [5.41, 5.74) is 0. The van der Waals surface area contributed by atoms with Gasteiger partial charge in [0, 0.05) is 6.42 Å². The van der Waals surface area contributed by atoms with Crippen LogP contribution in [0, 0.1) is 0 Å². The summed E-state index contributed by atoms with van der Waals surface area (Å²) in [5, 5.41) is 0. The predicted octanol–water partition coefficient (Wildman–Crippen LogP) is 2.89. The highest BCUT2D eigenvalue weighted by Gasteiger charge is 2.25. The Morgan fingerprint density at radius 1 is 1.21 bits per heavy atom. The molecule has 84 valence electrons. The predicted molar refractivity (Wildman–Crippen MR) is 42.9 cm³/mol. The SMILES string of the molecule is CCOC(=O)OCCCCC(F)(F)F. The lowest BCUT2D eigenvalue weighted by Gasteiger charge is -2.06. The molecule has 0 aliphatic heterocycles. The quantitative estimate of drug-likeness (QED) is 0.521. The summed E-state index contributed by atoms with van der Waals surface area (Å²) in [5.74, 6) is 0. The zero-order valence-corrected chi connectivity index (χ0v) is 7.89. The van der Waals surface area contributed by atoms with Gasteiger partial charge in [0.2, 0.25) is 0 Å². The second-order valence-electron chi connectivity index (χ2n) is 2.60. The molecule has 0 rings (SSSR count). The van der Waals surface area contributed by atoms with Crippen LogP contribution in [0.5, 0.6) is 0 Å². The van der Waals surface area contributed by atoms with Crippen LogP contribution in [0.2, 0.25) is 0 Å². The van der Waals surface area contributed by atoms with Crippen molar-refractivity contribution in [2.45, 2.75) is 32.4 Å². The molecule has 3 nitrogen and oxygen atoms in total. The van der Waals surface area contributed by atoms with Crippen LogP contribution < -0.4 is 0 Å². The number of unbranched alkanes of at least 4 members (excludes halogenated alkanes) is 1. The average molecular weight is 214 g/mol. The maximum atomic E-state index is 11.6. The molecule has 0 spiro atoms. The normalized spacial score (nSPS) is 11.1. The molecule has 0 fully saturated rings. The van der Waals surface area contributed by atoms with Crippen LogP contribution in [0.4, 0.5) is 18.0 Å². The molecular formula is C8H13F3O3. The first kappa shape index (κ1) is 13.1. The Morgan fingerprint density at radius 2 is 1.86 bits per heavy atom. The Labute approximate surface area is 80.2 Å². The van der Waals surface area contributed by atoms with Crippen LogP contribution >= 0.6 is 0 Å². The number of rotatable bonds is 5. The van der Waals surface area contributed by atoms with Gasteiger partial charge in [-0.2, -0.15) is 13.2 Å². The molecule has 14 heavy (non-hydrogen) atoms. The Bertz CT molecular complexity index is 168. The van der Waals surface area contributed by atoms with Gasteiger partial charge in [0.1, 0.15) is 0 Å². The lowest BCUT2D eigenvalue weighted by molar-refractivity contribution is -0.135. The zero-order chi connectivity index (χ0) is 11.0. The number of alkyl halides is 3. The number of carbonyl (C=O) groups is 1. The van der Waals surface area contributed by atoms with Gasteiger partial charge < -0.3 is 9.47 Å². The minimum atomic E-state index is -4.13. The molecule has 0 aromatic rings. The van der Waals surface area contributed by atoms with Gasteiger partial charge in [-0.25, -0.2) is 4.79 Å². The van der Waals surface area contributed by atoms with Crippen LogP contribution in [-0.4, -0.2) is 25.5 Å². The molecule has 0 saturated heterocycles. The van der Waals surface area contributed by atoms with E-state index in [1.165, 1.54) is 0 Å². The standard InChI is InChI=1S/C8H13F3O3/c1-2-13-7(12)14-6-4-3-5-8(9,10)11/h2-6H2,1H3. The summed E-state index contributed by atoms with van der Waals surface area (Å²) in [6.45, 7) is 1.78. The third kappa shape index (κ3) is 9.15. The Hall–Kier alpha value is -0.940. The highest BCUT2D eigenvalue weighted by atomic mass is 19.4. The van der Waals surface area contributed by atoms with Crippen LogP contribution in [0.1, 0.15) is 26.2 Å². The van der Waals surface area contributed by atoms with Gasteiger partial charge in [-0.3, -0.25) is 0 Å². The second-order valence-corrected chi connectivity index (χ2v) is 2.60. The first-order chi connectivity index (χ1) is 6.45. The van der Waals surface area contributed by atoms with E-state index >= 15 is 0 Å². The fraction of sp³-hybridized carbons (Fsp3) is 0.875. The van der Waals surface area contributed by atoms with Crippen LogP contribution in [0.15, 0.2) is 0 Å². The van der Waals surface area contributed by atoms with Crippen molar-refractivity contribution in [1.82, 2.24) is 0 Å². The van der Waals surface area contributed by atoms with Gasteiger partial charge in [-0.1, -0.05) is 0 Å². The van der Waals surface area contributed by atoms with Gasteiger partial charge in [-0.05, 0) is 19.8 Å². The molecule has 0 heterocycles. The fourth-order valence-electron chi connectivity index (χ4n) is 0.743. The minimum Gasteiger partial charge on any atom is -0.435 e. The molecule has 0 aromatic carbocycles. The largest absolute Gasteiger partial charge is 0.508 e. The van der Waals surface area contributed by atoms with Crippen LogP contribution in [-0.2, 0) is 9.47 Å². The van der Waals surface area contributed by atoms with E-state index < -0.39 is 18.8 Å². The maximum absolute atomic E-state index is 11.6. The van der Waals surface area contributed by atoms with Gasteiger partial charge in [0.05, 0.1) is 13.2 Å². The smallest absolute Gasteiger partial charge is 0.435 e. The van der Waals surface area contributed by atoms with E-state index in [0.29, 0.717) is 0 Å². The maximum Gasteiger partial charge on any atom is 0.508 e. The molecule has 0 aromatic heterocycles. The Morgan fingerprint density at radius 3 is 2.36 bits per heavy atom. The molecule has 0 saturated carbocycles. The molecule has 0 N–H and O–H groups in total. The third-order valence-corrected chi connectivity index (χ3v) is 1.34. The Kier molecular flexibility index (Phi) is 6.07. The van der Waals surface area contributed by atoms with Crippen molar-refractivity contribution in [2.75, 3.05) is 13.2 Å². The summed E-state index contributed by atoms with van der Waals surface area (Å²) >= 11 is 0. The molecule has 0 amide bonds. The highest BCUT2D eigenvalue weighted by Crippen LogP contribution is 2.21. The van der Waals surface area contributed by atoms with Gasteiger partial charge in [-0.15, -0.1) is 0 Å². The van der Waals surface area contributed by atoms with Crippen molar-refractivity contribution >= 4 is 6.16 Å². The van der Waals surface area contributed by atoms with E-state index in [1.54, 1.807) is 6.92 Å². The molecule has 0 bridgehead atoms. The highest BCUT2D eigenvalue weighted by molar-refractivity contribution is 5.59. The summed E-state index contributed by atoms with van der Waals surface area (Å²) in [6, 6.07) is 0. The van der Waals surface area contributed by atoms with Crippen molar-refractivity contribution in [3.63, 3.8) is 0 Å². The van der Waals surface area contributed by atoms with Crippen molar-refractivity contribution < 1.29 is 27.4 Å². The number of hydrogen-bond donors (Lipinski definition) is 0. The molecular weight excluding hydrogens is 201 g/mol. The van der Waals surface area contributed by atoms with E-state index in [9.17, 15) is 18.0 Å². The summed E-state index contributed by atoms with van der Waals surface area (Å²) in [4.78, 5) is 10.5. The van der Waals surface area contributed by atoms with Crippen molar-refractivity contribution in [3.05, 3.63) is 0 Å². The van der Waals surface area contributed by atoms with E-state index in [-0.39, 0.29) is 26.1 Å². The van der Waals surface area contributed by atoms with E-state index in [2.05, 4.69) is 9.47 Å². The number of hydrogen-bond acceptors (Lipinski definition) is 3. The second kappa shape index (κ2) is 6.50. The number of ether oxygens (including phenoxy) is 2. The summed E-state index contributed by atoms with van der Waals surface area (Å²) in [7, 11) is 0. The van der Waals surface area contributed by atoms with E-state index in [0.717, 1.165) is 0 Å². The minimum absolute atomic E-state index is 0.0328. The lowest BCUT2D eigenvalue weighted by atomic mass is 10.2. The molecule has 0 aliphatic rings. The molecule has 0 atom stereocenters. The Balaban J connectivity index is 3.26. The number of halogens is 3. The van der Waals surface area contributed by atoms with E-state index in [4.69, 9.17) is 0 Å². The number of carbonyl (C=O) groups excluding carboxylic acids is 1. The monoisotopic (exact) mass is 214 g/mol. The first-order valence-electron chi connectivity index (χ1n) is 4.32. The zero-order valence-electron chi connectivity index (χ0n) is 7.89. The molecule has 0 unspecified atom stereocenters. The van der Waals surface area contributed by atoms with Crippen molar-refractivity contribution in [2.24, 2.45) is 0 Å². The lowest BCUT2D eigenvalue weighted by Crippen LogP contribution is -2.10. The van der Waals surface area contributed by atoms with E-state index in [1.807, 2.05) is 0 Å². The van der Waals surface area contributed by atoms with Crippen molar-refractivity contribution in [3.8, 4) is 0 Å². The topological polar surface area (TPSA) is 35.5 Å². The van der Waals surface area contributed by atoms with Gasteiger partial charge in [0.25, 0.3) is 0 Å². The first-order valence-corrected chi connectivity index (χ1v) is 4.32. The summed E-state index contributed by atoms with van der Waals surface area (Å²) < 4.78 is 43.8. The summed E-state index contributed by atoms with van der Waals surface area (Å²) in [6.07, 6.45) is -5.66. The third-order valence-electron chi connectivity index (χ3n) is 1.34. The van der Waals surface area contributed by atoms with Gasteiger partial charge >= 0.3 is 12.3 Å². The van der Waals surface area contributed by atoms with Gasteiger partial charge in [0.15, 0.2) is 0 Å². The average Bonchev–Trinajstić information content (AvgIpc) is 2.02. The molecule has 0 aliphatic carbocycles. The molecule has 0 radical (unpaired) electrons. The fourth-order valence-corrected chi connectivity index (χ4v) is 0.743. The van der Waals surface area contributed by atoms with Crippen LogP contribution in [0.3, 0.4) is 0 Å². The van der Waals surface area contributed by atoms with Crippen molar-refractivity contribution in [1.29, 1.82) is 0 Å². The van der Waals surface area contributed by atoms with Crippen LogP contribution in [0.25, 0.3) is 0 Å². The molecule has 6 heteroatoms.